The number of nitrogens with zero attached hydrogens (tertiary/aromatic N) is 1. The zero-order valence-corrected chi connectivity index (χ0v) is 13.3. The van der Waals surface area contributed by atoms with E-state index in [1.165, 1.54) is 17.7 Å². The largest absolute Gasteiger partial charge is 0.372 e. The fourth-order valence-electron chi connectivity index (χ4n) is 2.11. The van der Waals surface area contributed by atoms with E-state index in [-0.39, 0.29) is 0 Å². The molecule has 1 aromatic carbocycles. The minimum Gasteiger partial charge on any atom is -0.372 e. The maximum Gasteiger partial charge on any atom is 0.0366 e. The lowest BCUT2D eigenvalue weighted by molar-refractivity contribution is 0.366. The van der Waals surface area contributed by atoms with Crippen molar-refractivity contribution >= 4 is 5.69 Å². The summed E-state index contributed by atoms with van der Waals surface area (Å²) in [6, 6.07) is 8.93. The standard InChI is InChI=1S/C17H30N2/c1-6-19(7-2)16-10-8-15(9-11-16)14-18-13-12-17(3,4)5/h8-11,18H,6-7,12-14H2,1-5H3. The molecule has 1 N–H and O–H groups in total. The lowest BCUT2D eigenvalue weighted by atomic mass is 9.92. The molecule has 0 aliphatic carbocycles. The Labute approximate surface area is 119 Å². The average molecular weight is 262 g/mol. The third-order valence-electron chi connectivity index (χ3n) is 3.45. The van der Waals surface area contributed by atoms with Crippen LogP contribution in [0.2, 0.25) is 0 Å². The van der Waals surface area contributed by atoms with Gasteiger partial charge in [0.15, 0.2) is 0 Å². The molecule has 0 spiro atoms. The van der Waals surface area contributed by atoms with Crippen LogP contribution in [0.25, 0.3) is 0 Å². The molecule has 0 unspecified atom stereocenters. The monoisotopic (exact) mass is 262 g/mol. The van der Waals surface area contributed by atoms with Crippen molar-refractivity contribution in [1.82, 2.24) is 5.32 Å². The van der Waals surface area contributed by atoms with Crippen LogP contribution in [-0.2, 0) is 6.54 Å². The summed E-state index contributed by atoms with van der Waals surface area (Å²) in [5.41, 5.74) is 3.10. The van der Waals surface area contributed by atoms with E-state index in [4.69, 9.17) is 0 Å². The number of rotatable bonds is 7. The van der Waals surface area contributed by atoms with Crippen LogP contribution in [0.15, 0.2) is 24.3 Å². The number of nitrogens with one attached hydrogen (secondary N) is 1. The molecular formula is C17H30N2. The molecule has 2 nitrogen and oxygen atoms in total. The third kappa shape index (κ3) is 6.11. The lowest BCUT2D eigenvalue weighted by Gasteiger charge is -2.21. The third-order valence-corrected chi connectivity index (χ3v) is 3.45. The molecule has 1 aromatic rings. The summed E-state index contributed by atoms with van der Waals surface area (Å²) >= 11 is 0. The second kappa shape index (κ2) is 7.54. The molecule has 1 rings (SSSR count). The van der Waals surface area contributed by atoms with Crippen LogP contribution >= 0.6 is 0 Å². The van der Waals surface area contributed by atoms with Gasteiger partial charge in [0.05, 0.1) is 0 Å². The predicted octanol–water partition coefficient (Wildman–Crippen LogP) is 4.06. The number of hydrogen-bond donors (Lipinski definition) is 1. The molecule has 0 saturated carbocycles. The average Bonchev–Trinajstić information content (AvgIpc) is 2.37. The van der Waals surface area contributed by atoms with E-state index >= 15 is 0 Å². The van der Waals surface area contributed by atoms with Gasteiger partial charge < -0.3 is 10.2 Å². The van der Waals surface area contributed by atoms with Crippen LogP contribution in [0.4, 0.5) is 5.69 Å². The zero-order valence-electron chi connectivity index (χ0n) is 13.3. The SMILES string of the molecule is CCN(CC)c1ccc(CNCCC(C)(C)C)cc1. The normalized spacial score (nSPS) is 11.6. The first-order chi connectivity index (χ1) is 8.96. The first kappa shape index (κ1) is 16.0. The minimum absolute atomic E-state index is 0.416. The Hall–Kier alpha value is -1.02. The number of anilines is 1. The highest BCUT2D eigenvalue weighted by Gasteiger charge is 2.08. The van der Waals surface area contributed by atoms with Crippen molar-refractivity contribution in [2.75, 3.05) is 24.5 Å². The predicted molar refractivity (Wildman–Crippen MR) is 85.8 cm³/mol. The van der Waals surface area contributed by atoms with Crippen LogP contribution in [0.5, 0.6) is 0 Å². The molecule has 0 fully saturated rings. The Balaban J connectivity index is 2.40. The molecule has 0 bridgehead atoms. The van der Waals surface area contributed by atoms with Crippen molar-refractivity contribution in [2.45, 2.75) is 47.6 Å². The first-order valence-electron chi connectivity index (χ1n) is 7.51. The molecule has 0 aromatic heterocycles. The smallest absolute Gasteiger partial charge is 0.0366 e. The maximum absolute atomic E-state index is 3.52. The highest BCUT2D eigenvalue weighted by Crippen LogP contribution is 2.17. The van der Waals surface area contributed by atoms with Crippen LogP contribution in [0, 0.1) is 5.41 Å². The van der Waals surface area contributed by atoms with E-state index in [0.29, 0.717) is 5.41 Å². The summed E-state index contributed by atoms with van der Waals surface area (Å²) in [7, 11) is 0. The Bertz CT molecular complexity index is 345. The Morgan fingerprint density at radius 3 is 2.05 bits per heavy atom. The molecule has 108 valence electrons. The fraction of sp³-hybridized carbons (Fsp3) is 0.647. The maximum atomic E-state index is 3.52. The Morgan fingerprint density at radius 1 is 1.00 bits per heavy atom. The van der Waals surface area contributed by atoms with E-state index in [1.54, 1.807) is 0 Å². The molecule has 0 aliphatic heterocycles. The summed E-state index contributed by atoms with van der Waals surface area (Å²) in [6.07, 6.45) is 1.21. The first-order valence-corrected chi connectivity index (χ1v) is 7.51. The highest BCUT2D eigenvalue weighted by atomic mass is 15.1. The topological polar surface area (TPSA) is 15.3 Å². The molecule has 0 heterocycles. The number of hydrogen-bond acceptors (Lipinski definition) is 2. The molecular weight excluding hydrogens is 232 g/mol. The van der Waals surface area contributed by atoms with E-state index < -0.39 is 0 Å². The molecule has 0 atom stereocenters. The highest BCUT2D eigenvalue weighted by molar-refractivity contribution is 5.47. The summed E-state index contributed by atoms with van der Waals surface area (Å²) in [6.45, 7) is 15.4. The fourth-order valence-corrected chi connectivity index (χ4v) is 2.11. The van der Waals surface area contributed by atoms with Crippen molar-refractivity contribution in [3.63, 3.8) is 0 Å². The summed E-state index contributed by atoms with van der Waals surface area (Å²) in [4.78, 5) is 2.37. The van der Waals surface area contributed by atoms with E-state index in [9.17, 15) is 0 Å². The number of benzene rings is 1. The Morgan fingerprint density at radius 2 is 1.58 bits per heavy atom. The van der Waals surface area contributed by atoms with Crippen molar-refractivity contribution in [2.24, 2.45) is 5.41 Å². The lowest BCUT2D eigenvalue weighted by Crippen LogP contribution is -2.22. The summed E-state index contributed by atoms with van der Waals surface area (Å²) < 4.78 is 0. The molecule has 19 heavy (non-hydrogen) atoms. The second-order valence-corrected chi connectivity index (χ2v) is 6.33. The van der Waals surface area contributed by atoms with Gasteiger partial charge in [-0.3, -0.25) is 0 Å². The minimum atomic E-state index is 0.416. The van der Waals surface area contributed by atoms with Crippen LogP contribution in [0.3, 0.4) is 0 Å². The summed E-state index contributed by atoms with van der Waals surface area (Å²) in [5, 5.41) is 3.52. The van der Waals surface area contributed by atoms with Gasteiger partial charge in [0.25, 0.3) is 0 Å². The quantitative estimate of drug-likeness (QED) is 0.746. The molecule has 0 amide bonds. The molecule has 0 saturated heterocycles. The van der Waals surface area contributed by atoms with E-state index in [0.717, 1.165) is 26.2 Å². The van der Waals surface area contributed by atoms with Crippen molar-refractivity contribution in [3.05, 3.63) is 29.8 Å². The van der Waals surface area contributed by atoms with Gasteiger partial charge in [0, 0.05) is 25.3 Å². The van der Waals surface area contributed by atoms with Gasteiger partial charge in [-0.25, -0.2) is 0 Å². The van der Waals surface area contributed by atoms with Crippen molar-refractivity contribution in [3.8, 4) is 0 Å². The van der Waals surface area contributed by atoms with Gasteiger partial charge in [0.1, 0.15) is 0 Å². The van der Waals surface area contributed by atoms with Gasteiger partial charge >= 0.3 is 0 Å². The van der Waals surface area contributed by atoms with Crippen LogP contribution in [0.1, 0.15) is 46.6 Å². The van der Waals surface area contributed by atoms with E-state index in [1.807, 2.05) is 0 Å². The zero-order chi connectivity index (χ0) is 14.3. The molecule has 0 radical (unpaired) electrons. The second-order valence-electron chi connectivity index (χ2n) is 6.33. The van der Waals surface area contributed by atoms with Crippen molar-refractivity contribution < 1.29 is 0 Å². The summed E-state index contributed by atoms with van der Waals surface area (Å²) in [5.74, 6) is 0. The van der Waals surface area contributed by atoms with Gasteiger partial charge in [-0.1, -0.05) is 32.9 Å². The van der Waals surface area contributed by atoms with Crippen molar-refractivity contribution in [1.29, 1.82) is 0 Å². The molecule has 2 heteroatoms. The van der Waals surface area contributed by atoms with Gasteiger partial charge in [-0.2, -0.15) is 0 Å². The van der Waals surface area contributed by atoms with Crippen LogP contribution < -0.4 is 10.2 Å². The van der Waals surface area contributed by atoms with Gasteiger partial charge in [0.2, 0.25) is 0 Å². The van der Waals surface area contributed by atoms with Gasteiger partial charge in [-0.05, 0) is 49.9 Å². The molecule has 0 aliphatic rings. The van der Waals surface area contributed by atoms with Crippen LogP contribution in [-0.4, -0.2) is 19.6 Å². The Kier molecular flexibility index (Phi) is 6.36. The van der Waals surface area contributed by atoms with E-state index in [2.05, 4.69) is 69.1 Å². The van der Waals surface area contributed by atoms with Gasteiger partial charge in [-0.15, -0.1) is 0 Å².